The van der Waals surface area contributed by atoms with Crippen molar-refractivity contribution in [2.45, 2.75) is 13.5 Å². The van der Waals surface area contributed by atoms with Crippen molar-refractivity contribution in [2.75, 3.05) is 0 Å². The maximum atomic E-state index is 13.6. The van der Waals surface area contributed by atoms with Crippen LogP contribution < -0.4 is 4.74 Å². The maximum absolute atomic E-state index is 13.6. The van der Waals surface area contributed by atoms with E-state index in [0.717, 1.165) is 12.1 Å². The molecule has 0 radical (unpaired) electrons. The highest BCUT2D eigenvalue weighted by Gasteiger charge is 2.18. The summed E-state index contributed by atoms with van der Waals surface area (Å²) in [6.45, 7) is 1.25. The second-order valence-corrected chi connectivity index (χ2v) is 4.99. The highest BCUT2D eigenvalue weighted by molar-refractivity contribution is 6.03. The molecule has 118 valence electrons. The van der Waals surface area contributed by atoms with Crippen molar-refractivity contribution >= 4 is 16.9 Å². The average Bonchev–Trinajstić information content (AvgIpc) is 2.82. The Hall–Kier alpha value is -2.89. The number of halogens is 2. The molecule has 1 N–H and O–H groups in total. The normalized spacial score (nSPS) is 10.9. The molecule has 0 saturated heterocycles. The molecule has 6 heteroatoms. The molecule has 0 amide bonds. The number of hydrogen-bond donors (Lipinski definition) is 1. The zero-order valence-electron chi connectivity index (χ0n) is 12.1. The lowest BCUT2D eigenvalue weighted by Crippen LogP contribution is -2.02. The van der Waals surface area contributed by atoms with Gasteiger partial charge in [-0.3, -0.25) is 0 Å². The summed E-state index contributed by atoms with van der Waals surface area (Å²) < 4.78 is 37.9. The van der Waals surface area contributed by atoms with Gasteiger partial charge in [-0.1, -0.05) is 6.07 Å². The Morgan fingerprint density at radius 3 is 2.57 bits per heavy atom. The van der Waals surface area contributed by atoms with Crippen LogP contribution in [0.25, 0.3) is 11.0 Å². The number of fused-ring (bicyclic) bond motifs is 1. The molecule has 3 aromatic rings. The van der Waals surface area contributed by atoms with E-state index in [1.54, 1.807) is 19.1 Å². The Bertz CT molecular complexity index is 879. The highest BCUT2D eigenvalue weighted by Crippen LogP contribution is 2.29. The number of rotatable bonds is 4. The first-order chi connectivity index (χ1) is 11.0. The SMILES string of the molecule is Cc1oc2ccc(OCc3c(F)cccc3F)cc2c1C(=O)O. The van der Waals surface area contributed by atoms with Gasteiger partial charge in [0.25, 0.3) is 0 Å². The van der Waals surface area contributed by atoms with Gasteiger partial charge in [0.2, 0.25) is 0 Å². The van der Waals surface area contributed by atoms with E-state index < -0.39 is 17.6 Å². The number of hydrogen-bond acceptors (Lipinski definition) is 3. The van der Waals surface area contributed by atoms with Crippen LogP contribution >= 0.6 is 0 Å². The van der Waals surface area contributed by atoms with Gasteiger partial charge in [0.1, 0.15) is 40.9 Å². The summed E-state index contributed by atoms with van der Waals surface area (Å²) in [6.07, 6.45) is 0. The van der Waals surface area contributed by atoms with Crippen LogP contribution in [0.15, 0.2) is 40.8 Å². The molecule has 0 spiro atoms. The predicted octanol–water partition coefficient (Wildman–Crippen LogP) is 4.30. The molecule has 0 atom stereocenters. The molecule has 0 aliphatic rings. The van der Waals surface area contributed by atoms with Crippen LogP contribution in [0.4, 0.5) is 8.78 Å². The van der Waals surface area contributed by atoms with Gasteiger partial charge >= 0.3 is 5.97 Å². The van der Waals surface area contributed by atoms with Crippen molar-refractivity contribution in [3.05, 3.63) is 64.9 Å². The van der Waals surface area contributed by atoms with Crippen LogP contribution in [0, 0.1) is 18.6 Å². The van der Waals surface area contributed by atoms with Crippen molar-refractivity contribution in [1.82, 2.24) is 0 Å². The van der Waals surface area contributed by atoms with Crippen LogP contribution in [0.3, 0.4) is 0 Å². The number of carboxylic acid groups (broad SMARTS) is 1. The van der Waals surface area contributed by atoms with Gasteiger partial charge in [-0.25, -0.2) is 13.6 Å². The first kappa shape index (κ1) is 15.0. The minimum atomic E-state index is -1.11. The Morgan fingerprint density at radius 1 is 1.22 bits per heavy atom. The third kappa shape index (κ3) is 2.75. The maximum Gasteiger partial charge on any atom is 0.339 e. The van der Waals surface area contributed by atoms with Crippen molar-refractivity contribution < 1.29 is 27.8 Å². The predicted molar refractivity (Wildman–Crippen MR) is 78.6 cm³/mol. The van der Waals surface area contributed by atoms with Crippen LogP contribution in [0.2, 0.25) is 0 Å². The lowest BCUT2D eigenvalue weighted by atomic mass is 10.1. The fraction of sp³-hybridized carbons (Fsp3) is 0.118. The third-order valence-electron chi connectivity index (χ3n) is 3.49. The van der Waals surface area contributed by atoms with Gasteiger partial charge < -0.3 is 14.3 Å². The molecule has 23 heavy (non-hydrogen) atoms. The summed E-state index contributed by atoms with van der Waals surface area (Å²) >= 11 is 0. The molecule has 0 unspecified atom stereocenters. The fourth-order valence-corrected chi connectivity index (χ4v) is 2.38. The van der Waals surface area contributed by atoms with E-state index in [0.29, 0.717) is 16.7 Å². The molecule has 1 heterocycles. The number of furan rings is 1. The topological polar surface area (TPSA) is 59.7 Å². The van der Waals surface area contributed by atoms with Gasteiger partial charge in [-0.15, -0.1) is 0 Å². The molecule has 0 bridgehead atoms. The second-order valence-electron chi connectivity index (χ2n) is 4.99. The summed E-state index contributed by atoms with van der Waals surface area (Å²) in [6, 6.07) is 8.15. The molecular weight excluding hydrogens is 306 g/mol. The van der Waals surface area contributed by atoms with Crippen molar-refractivity contribution in [2.24, 2.45) is 0 Å². The molecule has 0 fully saturated rings. The molecule has 1 aromatic heterocycles. The summed E-state index contributed by atoms with van der Waals surface area (Å²) in [5.41, 5.74) is 0.265. The number of ether oxygens (including phenoxy) is 1. The van der Waals surface area contributed by atoms with Gasteiger partial charge in [0, 0.05) is 5.39 Å². The number of aryl methyl sites for hydroxylation is 1. The summed E-state index contributed by atoms with van der Waals surface area (Å²) in [5.74, 6) is -1.93. The fourth-order valence-electron chi connectivity index (χ4n) is 2.38. The molecule has 4 nitrogen and oxygen atoms in total. The summed E-state index contributed by atoms with van der Waals surface area (Å²) in [4.78, 5) is 11.3. The van der Waals surface area contributed by atoms with Gasteiger partial charge in [0.15, 0.2) is 0 Å². The third-order valence-corrected chi connectivity index (χ3v) is 3.49. The van der Waals surface area contributed by atoms with E-state index in [-0.39, 0.29) is 23.5 Å². The number of benzene rings is 2. The van der Waals surface area contributed by atoms with Crippen LogP contribution in [0.1, 0.15) is 21.7 Å². The van der Waals surface area contributed by atoms with E-state index in [4.69, 9.17) is 9.15 Å². The van der Waals surface area contributed by atoms with E-state index in [2.05, 4.69) is 0 Å². The first-order valence-electron chi connectivity index (χ1n) is 6.79. The Balaban J connectivity index is 1.92. The monoisotopic (exact) mass is 318 g/mol. The van der Waals surface area contributed by atoms with Crippen molar-refractivity contribution in [3.63, 3.8) is 0 Å². The lowest BCUT2D eigenvalue weighted by Gasteiger charge is -2.08. The average molecular weight is 318 g/mol. The number of carbonyl (C=O) groups is 1. The number of aromatic carboxylic acids is 1. The van der Waals surface area contributed by atoms with E-state index in [9.17, 15) is 18.7 Å². The standard InChI is InChI=1S/C17H12F2O4/c1-9-16(17(20)21)11-7-10(5-6-15(11)23-9)22-8-12-13(18)3-2-4-14(12)19/h2-7H,8H2,1H3,(H,20,21). The molecule has 0 aliphatic carbocycles. The molecule has 3 rings (SSSR count). The zero-order valence-corrected chi connectivity index (χ0v) is 12.1. The van der Waals surface area contributed by atoms with Crippen LogP contribution in [-0.4, -0.2) is 11.1 Å². The van der Waals surface area contributed by atoms with Gasteiger partial charge in [0.05, 0.1) is 5.56 Å². The zero-order chi connectivity index (χ0) is 16.6. The smallest absolute Gasteiger partial charge is 0.339 e. The Labute approximate surface area is 129 Å². The second kappa shape index (κ2) is 5.72. The van der Waals surface area contributed by atoms with Crippen LogP contribution in [0.5, 0.6) is 5.75 Å². The molecular formula is C17H12F2O4. The molecule has 0 saturated carbocycles. The molecule has 0 aliphatic heterocycles. The van der Waals surface area contributed by atoms with Gasteiger partial charge in [-0.2, -0.15) is 0 Å². The Kier molecular flexibility index (Phi) is 3.73. The minimum absolute atomic E-state index is 0.0440. The quantitative estimate of drug-likeness (QED) is 0.779. The highest BCUT2D eigenvalue weighted by atomic mass is 19.1. The largest absolute Gasteiger partial charge is 0.489 e. The lowest BCUT2D eigenvalue weighted by molar-refractivity contribution is 0.0697. The molecule has 2 aromatic carbocycles. The van der Waals surface area contributed by atoms with Gasteiger partial charge in [-0.05, 0) is 37.3 Å². The van der Waals surface area contributed by atoms with Crippen molar-refractivity contribution in [3.8, 4) is 5.75 Å². The minimum Gasteiger partial charge on any atom is -0.489 e. The van der Waals surface area contributed by atoms with E-state index >= 15 is 0 Å². The van der Waals surface area contributed by atoms with E-state index in [1.807, 2.05) is 0 Å². The summed E-state index contributed by atoms with van der Waals surface area (Å²) in [5, 5.41) is 9.60. The Morgan fingerprint density at radius 2 is 1.91 bits per heavy atom. The van der Waals surface area contributed by atoms with Crippen molar-refractivity contribution in [1.29, 1.82) is 0 Å². The van der Waals surface area contributed by atoms with Crippen LogP contribution in [-0.2, 0) is 6.61 Å². The van der Waals surface area contributed by atoms with E-state index in [1.165, 1.54) is 12.1 Å². The number of carboxylic acids is 1. The summed E-state index contributed by atoms with van der Waals surface area (Å²) in [7, 11) is 0. The first-order valence-corrected chi connectivity index (χ1v) is 6.79.